The molecule has 0 bridgehead atoms. The molecule has 1 aromatic carbocycles. The van der Waals surface area contributed by atoms with Crippen molar-refractivity contribution in [1.82, 2.24) is 4.98 Å². The van der Waals surface area contributed by atoms with E-state index in [0.29, 0.717) is 17.0 Å². The van der Waals surface area contributed by atoms with Crippen LogP contribution in [-0.2, 0) is 16.7 Å². The largest absolute Gasteiger partial charge is 0.462 e. The van der Waals surface area contributed by atoms with E-state index in [0.717, 1.165) is 0 Å². The van der Waals surface area contributed by atoms with Crippen molar-refractivity contribution >= 4 is 23.4 Å². The topological polar surface area (TPSA) is 77.6 Å². The average molecular weight is 424 g/mol. The number of carbonyl (C=O) groups is 1. The number of halogens is 4. The third kappa shape index (κ3) is 3.35. The highest BCUT2D eigenvalue weighted by Gasteiger charge is 2.64. The number of aromatic nitrogens is 1. The van der Waals surface area contributed by atoms with Gasteiger partial charge in [0.1, 0.15) is 17.6 Å². The maximum absolute atomic E-state index is 15.0. The van der Waals surface area contributed by atoms with Gasteiger partial charge in [0.2, 0.25) is 0 Å². The van der Waals surface area contributed by atoms with Crippen molar-refractivity contribution in [2.45, 2.75) is 37.8 Å². The minimum atomic E-state index is -2.99. The molecule has 0 saturated heterocycles. The lowest BCUT2D eigenvalue weighted by Gasteiger charge is -2.33. The normalized spacial score (nSPS) is 25.2. The number of aliphatic imine (C=N–C) groups is 1. The van der Waals surface area contributed by atoms with Gasteiger partial charge in [-0.05, 0) is 42.7 Å². The number of ether oxygens (including phenoxy) is 1. The van der Waals surface area contributed by atoms with Gasteiger partial charge in [-0.15, -0.1) is 0 Å². The zero-order chi connectivity index (χ0) is 20.9. The van der Waals surface area contributed by atoms with Crippen LogP contribution in [0.5, 0.6) is 0 Å². The summed E-state index contributed by atoms with van der Waals surface area (Å²) in [6, 6.07) is 5.36. The van der Waals surface area contributed by atoms with Crippen LogP contribution in [-0.4, -0.2) is 29.3 Å². The molecular formula is C20H17ClF3N3O2. The van der Waals surface area contributed by atoms with Gasteiger partial charge in [0.15, 0.2) is 11.3 Å². The third-order valence-corrected chi connectivity index (χ3v) is 5.54. The Morgan fingerprint density at radius 1 is 1.41 bits per heavy atom. The van der Waals surface area contributed by atoms with E-state index in [1.165, 1.54) is 37.4 Å². The molecule has 152 valence electrons. The molecule has 2 aromatic rings. The number of pyridine rings is 1. The zero-order valence-electron chi connectivity index (χ0n) is 15.3. The van der Waals surface area contributed by atoms with Crippen LogP contribution in [0.4, 0.5) is 13.2 Å². The van der Waals surface area contributed by atoms with Crippen LogP contribution in [0.15, 0.2) is 35.5 Å². The standard InChI is InChI=1S/C20H17ClF3N3O2/c1-9-4-10(6-15(28)14-3-2-11(21)8-26-14)5-13(17(9)22)20(18(23)24)12-7-16(12)29-19(25)27-20/h2-5,8,12,16,18H,6-7H2,1H3,(H2,25,27)/t12-,16+,20-/m1/s1. The predicted molar refractivity (Wildman–Crippen MR) is 101 cm³/mol. The summed E-state index contributed by atoms with van der Waals surface area (Å²) in [5.41, 5.74) is 3.92. The lowest BCUT2D eigenvalue weighted by atomic mass is 9.82. The molecule has 4 rings (SSSR count). The molecule has 2 N–H and O–H groups in total. The summed E-state index contributed by atoms with van der Waals surface area (Å²) in [5, 5.41) is 0.384. The second-order valence-corrected chi connectivity index (χ2v) is 7.75. The van der Waals surface area contributed by atoms with Crippen molar-refractivity contribution in [3.8, 4) is 0 Å². The Morgan fingerprint density at radius 3 is 2.83 bits per heavy atom. The first-order chi connectivity index (χ1) is 13.7. The molecule has 1 aromatic heterocycles. The molecule has 29 heavy (non-hydrogen) atoms. The van der Waals surface area contributed by atoms with Gasteiger partial charge in [-0.3, -0.25) is 9.78 Å². The van der Waals surface area contributed by atoms with Crippen LogP contribution < -0.4 is 5.73 Å². The number of rotatable bonds is 5. The number of amidine groups is 1. The van der Waals surface area contributed by atoms with Gasteiger partial charge in [0, 0.05) is 24.1 Å². The monoisotopic (exact) mass is 423 g/mol. The van der Waals surface area contributed by atoms with Crippen molar-refractivity contribution in [2.24, 2.45) is 16.6 Å². The molecule has 1 aliphatic heterocycles. The van der Waals surface area contributed by atoms with E-state index in [1.54, 1.807) is 0 Å². The van der Waals surface area contributed by atoms with Gasteiger partial charge >= 0.3 is 0 Å². The van der Waals surface area contributed by atoms with E-state index in [9.17, 15) is 18.0 Å². The molecule has 1 aliphatic carbocycles. The fourth-order valence-electron chi connectivity index (χ4n) is 3.85. The average Bonchev–Trinajstić information content (AvgIpc) is 3.43. The second kappa shape index (κ2) is 7.02. The Balaban J connectivity index is 1.75. The van der Waals surface area contributed by atoms with Crippen LogP contribution in [0.1, 0.15) is 33.6 Å². The third-order valence-electron chi connectivity index (χ3n) is 5.32. The number of hydrogen-bond donors (Lipinski definition) is 1. The molecule has 3 atom stereocenters. The molecular weight excluding hydrogens is 407 g/mol. The highest BCUT2D eigenvalue weighted by molar-refractivity contribution is 6.30. The molecule has 0 radical (unpaired) electrons. The van der Waals surface area contributed by atoms with Crippen molar-refractivity contribution in [1.29, 1.82) is 0 Å². The molecule has 0 amide bonds. The quantitative estimate of drug-likeness (QED) is 0.742. The van der Waals surface area contributed by atoms with Gasteiger partial charge in [-0.2, -0.15) is 0 Å². The lowest BCUT2D eigenvalue weighted by Crippen LogP contribution is -2.43. The van der Waals surface area contributed by atoms with Crippen LogP contribution in [0.2, 0.25) is 5.02 Å². The maximum Gasteiger partial charge on any atom is 0.283 e. The fourth-order valence-corrected chi connectivity index (χ4v) is 3.97. The molecule has 2 heterocycles. The van der Waals surface area contributed by atoms with Gasteiger partial charge in [-0.25, -0.2) is 18.2 Å². The first kappa shape index (κ1) is 19.7. The van der Waals surface area contributed by atoms with Crippen molar-refractivity contribution in [2.75, 3.05) is 0 Å². The van der Waals surface area contributed by atoms with Crippen LogP contribution >= 0.6 is 11.6 Å². The van der Waals surface area contributed by atoms with E-state index in [1.807, 2.05) is 0 Å². The lowest BCUT2D eigenvalue weighted by molar-refractivity contribution is 0.0175. The minimum absolute atomic E-state index is 0.133. The number of aryl methyl sites for hydroxylation is 1. The fraction of sp³-hybridized carbons (Fsp3) is 0.350. The smallest absolute Gasteiger partial charge is 0.283 e. The summed E-state index contributed by atoms with van der Waals surface area (Å²) < 4.78 is 48.7. The van der Waals surface area contributed by atoms with Crippen LogP contribution in [0, 0.1) is 18.7 Å². The molecule has 0 spiro atoms. The number of Topliss-reactive ketones (excluding diaryl/α,β-unsaturated/α-hetero) is 1. The van der Waals surface area contributed by atoms with Gasteiger partial charge < -0.3 is 10.5 Å². The SMILES string of the molecule is Cc1cc(CC(=O)c2ccc(Cl)cn2)cc([C@]2(C(F)F)N=C(N)O[C@H]3C[C@H]32)c1F. The summed E-state index contributed by atoms with van der Waals surface area (Å²) in [4.78, 5) is 20.4. The molecule has 9 heteroatoms. The van der Waals surface area contributed by atoms with Crippen molar-refractivity contribution in [3.05, 3.63) is 63.7 Å². The summed E-state index contributed by atoms with van der Waals surface area (Å²) in [6.45, 7) is 1.46. The number of alkyl halides is 2. The molecule has 0 unspecified atom stereocenters. The van der Waals surface area contributed by atoms with E-state index in [2.05, 4.69) is 9.98 Å². The number of hydrogen-bond acceptors (Lipinski definition) is 5. The summed E-state index contributed by atoms with van der Waals surface area (Å²) in [7, 11) is 0. The molecule has 5 nitrogen and oxygen atoms in total. The van der Waals surface area contributed by atoms with Gasteiger partial charge in [-0.1, -0.05) is 17.7 Å². The van der Waals surface area contributed by atoms with Gasteiger partial charge in [0.25, 0.3) is 12.4 Å². The number of carbonyl (C=O) groups excluding carboxylic acids is 1. The minimum Gasteiger partial charge on any atom is -0.462 e. The van der Waals surface area contributed by atoms with Crippen molar-refractivity contribution < 1.29 is 22.7 Å². The first-order valence-electron chi connectivity index (χ1n) is 8.96. The Morgan fingerprint density at radius 2 is 2.17 bits per heavy atom. The zero-order valence-corrected chi connectivity index (χ0v) is 16.1. The number of benzene rings is 1. The Hall–Kier alpha value is -2.61. The number of nitrogens with zero attached hydrogens (tertiary/aromatic N) is 2. The number of nitrogens with two attached hydrogens (primary N) is 1. The van der Waals surface area contributed by atoms with Gasteiger partial charge in [0.05, 0.1) is 5.02 Å². The highest BCUT2D eigenvalue weighted by atomic mass is 35.5. The predicted octanol–water partition coefficient (Wildman–Crippen LogP) is 3.80. The van der Waals surface area contributed by atoms with E-state index < -0.39 is 29.8 Å². The summed E-state index contributed by atoms with van der Waals surface area (Å²) in [5.74, 6) is -1.80. The molecule has 1 saturated carbocycles. The summed E-state index contributed by atoms with van der Waals surface area (Å²) in [6.07, 6.45) is -1.98. The van der Waals surface area contributed by atoms with Crippen LogP contribution in [0.3, 0.4) is 0 Å². The molecule has 1 fully saturated rings. The maximum atomic E-state index is 15.0. The highest BCUT2D eigenvalue weighted by Crippen LogP contribution is 2.56. The summed E-state index contributed by atoms with van der Waals surface area (Å²) >= 11 is 5.78. The number of fused-ring (bicyclic) bond motifs is 1. The Kier molecular flexibility index (Phi) is 4.77. The Labute approximate surface area is 169 Å². The van der Waals surface area contributed by atoms with E-state index in [4.69, 9.17) is 22.1 Å². The first-order valence-corrected chi connectivity index (χ1v) is 9.34. The van der Waals surface area contributed by atoms with Crippen LogP contribution in [0.25, 0.3) is 0 Å². The number of ketones is 1. The Bertz CT molecular complexity index is 1010. The molecule has 2 aliphatic rings. The van der Waals surface area contributed by atoms with E-state index in [-0.39, 0.29) is 35.0 Å². The second-order valence-electron chi connectivity index (χ2n) is 7.31. The van der Waals surface area contributed by atoms with Crippen molar-refractivity contribution in [3.63, 3.8) is 0 Å². The van der Waals surface area contributed by atoms with E-state index >= 15 is 0 Å².